The summed E-state index contributed by atoms with van der Waals surface area (Å²) in [6.45, 7) is 0.911. The number of amides is 1. The molecule has 2 aliphatic rings. The van der Waals surface area contributed by atoms with Crippen molar-refractivity contribution in [2.45, 2.75) is 38.6 Å². The second-order valence-electron chi connectivity index (χ2n) is 7.07. The second kappa shape index (κ2) is 6.83. The van der Waals surface area contributed by atoms with Crippen molar-refractivity contribution >= 4 is 21.4 Å². The van der Waals surface area contributed by atoms with Gasteiger partial charge in [-0.05, 0) is 31.4 Å². The minimum atomic E-state index is -3.07. The number of nitrogens with zero attached hydrogens (tertiary/aromatic N) is 3. The van der Waals surface area contributed by atoms with E-state index in [1.807, 2.05) is 24.3 Å². The SMILES string of the molecule is O=C(Nc1cccc(-c2nnc3n2CCCCC3)c1)[C@H]1CCS(=O)(=O)C1. The zero-order valence-electron chi connectivity index (χ0n) is 14.5. The molecule has 1 atom stereocenters. The van der Waals surface area contributed by atoms with Gasteiger partial charge in [0.1, 0.15) is 5.82 Å². The van der Waals surface area contributed by atoms with E-state index >= 15 is 0 Å². The first-order chi connectivity index (χ1) is 12.5. The minimum Gasteiger partial charge on any atom is -0.326 e. The van der Waals surface area contributed by atoms with E-state index in [2.05, 4.69) is 20.1 Å². The van der Waals surface area contributed by atoms with Gasteiger partial charge < -0.3 is 9.88 Å². The number of sulfone groups is 1. The largest absolute Gasteiger partial charge is 0.326 e. The highest BCUT2D eigenvalue weighted by atomic mass is 32.2. The lowest BCUT2D eigenvalue weighted by Gasteiger charge is -2.11. The molecule has 4 rings (SSSR count). The molecule has 1 fully saturated rings. The molecule has 0 unspecified atom stereocenters. The fraction of sp³-hybridized carbons (Fsp3) is 0.500. The average molecular weight is 374 g/mol. The van der Waals surface area contributed by atoms with Gasteiger partial charge in [0.05, 0.1) is 17.4 Å². The van der Waals surface area contributed by atoms with Gasteiger partial charge in [0, 0.05) is 24.2 Å². The van der Waals surface area contributed by atoms with E-state index in [9.17, 15) is 13.2 Å². The number of nitrogens with one attached hydrogen (secondary N) is 1. The third-order valence-corrected chi connectivity index (χ3v) is 6.87. The fourth-order valence-corrected chi connectivity index (χ4v) is 5.42. The van der Waals surface area contributed by atoms with Gasteiger partial charge in [0.2, 0.25) is 5.91 Å². The van der Waals surface area contributed by atoms with Gasteiger partial charge in [-0.15, -0.1) is 10.2 Å². The van der Waals surface area contributed by atoms with E-state index in [4.69, 9.17) is 0 Å². The molecule has 0 saturated carbocycles. The summed E-state index contributed by atoms with van der Waals surface area (Å²) in [5.74, 6) is 1.17. The Balaban J connectivity index is 1.54. The van der Waals surface area contributed by atoms with Gasteiger partial charge in [-0.1, -0.05) is 18.6 Å². The minimum absolute atomic E-state index is 0.0593. The molecule has 1 aromatic carbocycles. The Hall–Kier alpha value is -2.22. The first-order valence-electron chi connectivity index (χ1n) is 9.06. The van der Waals surface area contributed by atoms with Crippen LogP contribution in [0.2, 0.25) is 0 Å². The summed E-state index contributed by atoms with van der Waals surface area (Å²) in [7, 11) is -3.07. The normalized spacial score (nSPS) is 21.8. The first kappa shape index (κ1) is 17.2. The van der Waals surface area contributed by atoms with Crippen molar-refractivity contribution in [2.24, 2.45) is 5.92 Å². The van der Waals surface area contributed by atoms with Crippen molar-refractivity contribution in [3.8, 4) is 11.4 Å². The van der Waals surface area contributed by atoms with Gasteiger partial charge in [0.25, 0.3) is 0 Å². The quantitative estimate of drug-likeness (QED) is 0.887. The van der Waals surface area contributed by atoms with E-state index in [1.165, 1.54) is 6.42 Å². The van der Waals surface area contributed by atoms with E-state index < -0.39 is 15.8 Å². The molecule has 7 nitrogen and oxygen atoms in total. The number of benzene rings is 1. The molecule has 0 aliphatic carbocycles. The average Bonchev–Trinajstić information content (AvgIpc) is 3.10. The molecular formula is C18H22N4O3S. The molecule has 3 heterocycles. The lowest BCUT2D eigenvalue weighted by atomic mass is 10.1. The molecule has 26 heavy (non-hydrogen) atoms. The van der Waals surface area contributed by atoms with Gasteiger partial charge in [-0.3, -0.25) is 4.79 Å². The summed E-state index contributed by atoms with van der Waals surface area (Å²) in [5, 5.41) is 11.5. The lowest BCUT2D eigenvalue weighted by Crippen LogP contribution is -2.23. The molecule has 138 valence electrons. The van der Waals surface area contributed by atoms with Crippen LogP contribution < -0.4 is 5.32 Å². The molecule has 1 amide bonds. The predicted octanol–water partition coefficient (Wildman–Crippen LogP) is 2.04. The number of fused-ring (bicyclic) bond motifs is 1. The number of carbonyl (C=O) groups is 1. The topological polar surface area (TPSA) is 93.9 Å². The van der Waals surface area contributed by atoms with Crippen LogP contribution in [0.3, 0.4) is 0 Å². The van der Waals surface area contributed by atoms with Crippen molar-refractivity contribution in [1.82, 2.24) is 14.8 Å². The fourth-order valence-electron chi connectivity index (χ4n) is 3.68. The van der Waals surface area contributed by atoms with Crippen molar-refractivity contribution < 1.29 is 13.2 Å². The van der Waals surface area contributed by atoms with Crippen molar-refractivity contribution in [1.29, 1.82) is 0 Å². The van der Waals surface area contributed by atoms with E-state index in [0.29, 0.717) is 12.1 Å². The van der Waals surface area contributed by atoms with Gasteiger partial charge in [-0.2, -0.15) is 0 Å². The molecule has 0 radical (unpaired) electrons. The van der Waals surface area contributed by atoms with Gasteiger partial charge in [-0.25, -0.2) is 8.42 Å². The van der Waals surface area contributed by atoms with Crippen LogP contribution in [0, 0.1) is 5.92 Å². The van der Waals surface area contributed by atoms with Crippen LogP contribution in [0.1, 0.15) is 31.5 Å². The Kier molecular flexibility index (Phi) is 4.52. The van der Waals surface area contributed by atoms with Crippen LogP contribution in [0.25, 0.3) is 11.4 Å². The standard InChI is InChI=1S/C18H22N4O3S/c23-18(14-8-10-26(24,25)12-14)19-15-6-4-5-13(11-15)17-21-20-16-7-2-1-3-9-22(16)17/h4-6,11,14H,1-3,7-10,12H2,(H,19,23)/t14-/m0/s1. The third kappa shape index (κ3) is 3.51. The summed E-state index contributed by atoms with van der Waals surface area (Å²) < 4.78 is 25.3. The maximum atomic E-state index is 12.4. The molecule has 0 spiro atoms. The van der Waals surface area contributed by atoms with Crippen molar-refractivity contribution in [3.63, 3.8) is 0 Å². The van der Waals surface area contributed by atoms with Crippen LogP contribution in [0.15, 0.2) is 24.3 Å². The number of carbonyl (C=O) groups excluding carboxylic acids is 1. The maximum Gasteiger partial charge on any atom is 0.228 e. The zero-order chi connectivity index (χ0) is 18.1. The van der Waals surface area contributed by atoms with E-state index in [0.717, 1.165) is 43.0 Å². The van der Waals surface area contributed by atoms with Crippen molar-refractivity contribution in [3.05, 3.63) is 30.1 Å². The Morgan fingerprint density at radius 2 is 2.08 bits per heavy atom. The molecule has 1 saturated heterocycles. The second-order valence-corrected chi connectivity index (χ2v) is 9.30. The predicted molar refractivity (Wildman–Crippen MR) is 98.4 cm³/mol. The maximum absolute atomic E-state index is 12.4. The van der Waals surface area contributed by atoms with Crippen LogP contribution in [-0.4, -0.2) is 40.6 Å². The summed E-state index contributed by atoms with van der Waals surface area (Å²) >= 11 is 0. The van der Waals surface area contributed by atoms with Gasteiger partial charge >= 0.3 is 0 Å². The Labute approximate surface area is 152 Å². The smallest absolute Gasteiger partial charge is 0.228 e. The highest BCUT2D eigenvalue weighted by Crippen LogP contribution is 2.26. The van der Waals surface area contributed by atoms with Crippen LogP contribution in [-0.2, 0) is 27.6 Å². The molecule has 1 N–H and O–H groups in total. The number of hydrogen-bond acceptors (Lipinski definition) is 5. The number of aryl methyl sites for hydroxylation is 1. The first-order valence-corrected chi connectivity index (χ1v) is 10.9. The van der Waals surface area contributed by atoms with Crippen LogP contribution >= 0.6 is 0 Å². The Bertz CT molecular complexity index is 936. The summed E-state index contributed by atoms with van der Waals surface area (Å²) in [4.78, 5) is 12.4. The van der Waals surface area contributed by atoms with E-state index in [1.54, 1.807) is 0 Å². The molecular weight excluding hydrogens is 352 g/mol. The molecule has 1 aromatic heterocycles. The van der Waals surface area contributed by atoms with Crippen molar-refractivity contribution in [2.75, 3.05) is 16.8 Å². The molecule has 0 bridgehead atoms. The highest BCUT2D eigenvalue weighted by molar-refractivity contribution is 7.91. The zero-order valence-corrected chi connectivity index (χ0v) is 15.3. The van der Waals surface area contributed by atoms with Gasteiger partial charge in [0.15, 0.2) is 15.7 Å². The molecule has 2 aliphatic heterocycles. The molecule has 2 aromatic rings. The van der Waals surface area contributed by atoms with Crippen LogP contribution in [0.4, 0.5) is 5.69 Å². The third-order valence-electron chi connectivity index (χ3n) is 5.10. The Morgan fingerprint density at radius 3 is 2.88 bits per heavy atom. The summed E-state index contributed by atoms with van der Waals surface area (Å²) in [6, 6.07) is 7.51. The number of rotatable bonds is 3. The van der Waals surface area contributed by atoms with Crippen LogP contribution in [0.5, 0.6) is 0 Å². The van der Waals surface area contributed by atoms with E-state index in [-0.39, 0.29) is 17.4 Å². The monoisotopic (exact) mass is 374 g/mol. The number of aromatic nitrogens is 3. The highest BCUT2D eigenvalue weighted by Gasteiger charge is 2.33. The number of hydrogen-bond donors (Lipinski definition) is 1. The summed E-state index contributed by atoms with van der Waals surface area (Å²) in [5.41, 5.74) is 1.56. The lowest BCUT2D eigenvalue weighted by molar-refractivity contribution is -0.119. The summed E-state index contributed by atoms with van der Waals surface area (Å²) in [6.07, 6.45) is 4.79. The molecule has 8 heteroatoms. The number of anilines is 1. The Morgan fingerprint density at radius 1 is 1.19 bits per heavy atom.